The highest BCUT2D eigenvalue weighted by atomic mass is 32.2. The van der Waals surface area contributed by atoms with Crippen LogP contribution in [0.2, 0.25) is 0 Å². The third-order valence-electron chi connectivity index (χ3n) is 5.89. The Morgan fingerprint density at radius 1 is 1.06 bits per heavy atom. The first-order valence-electron chi connectivity index (χ1n) is 11.6. The van der Waals surface area contributed by atoms with E-state index in [1.54, 1.807) is 30.3 Å². The first kappa shape index (κ1) is 24.0. The molecule has 1 aromatic carbocycles. The highest BCUT2D eigenvalue weighted by Crippen LogP contribution is 2.34. The first-order valence-corrected chi connectivity index (χ1v) is 13.0. The lowest BCUT2D eigenvalue weighted by atomic mass is 10.0. The SMILES string of the molecule is O=C(N[C@@H]1COc2cccc(OS(=O)(=O)c3cccnc3)c2C1)c1ccc(OC2CCOCC2)nc1. The van der Waals surface area contributed by atoms with Gasteiger partial charge in [-0.1, -0.05) is 6.07 Å². The molecule has 36 heavy (non-hydrogen) atoms. The number of nitrogens with zero attached hydrogens (tertiary/aromatic N) is 2. The Balaban J connectivity index is 1.24. The lowest BCUT2D eigenvalue weighted by molar-refractivity contribution is 0.0237. The first-order chi connectivity index (χ1) is 17.5. The molecule has 1 saturated heterocycles. The van der Waals surface area contributed by atoms with Crippen LogP contribution in [0.5, 0.6) is 17.4 Å². The number of fused-ring (bicyclic) bond motifs is 1. The summed E-state index contributed by atoms with van der Waals surface area (Å²) in [5.41, 5.74) is 0.934. The lowest BCUT2D eigenvalue weighted by Gasteiger charge is -2.27. The minimum Gasteiger partial charge on any atom is -0.491 e. The van der Waals surface area contributed by atoms with Crippen LogP contribution in [0.1, 0.15) is 28.8 Å². The van der Waals surface area contributed by atoms with Gasteiger partial charge in [-0.3, -0.25) is 9.78 Å². The Bertz CT molecular complexity index is 1310. The van der Waals surface area contributed by atoms with Crippen LogP contribution in [-0.4, -0.2) is 56.3 Å². The molecule has 0 saturated carbocycles. The molecule has 1 atom stereocenters. The highest BCUT2D eigenvalue weighted by Gasteiger charge is 2.27. The fraction of sp³-hybridized carbons (Fsp3) is 0.320. The van der Waals surface area contributed by atoms with E-state index in [9.17, 15) is 13.2 Å². The van der Waals surface area contributed by atoms with Crippen molar-refractivity contribution in [3.8, 4) is 17.4 Å². The van der Waals surface area contributed by atoms with Crippen LogP contribution in [0.4, 0.5) is 0 Å². The van der Waals surface area contributed by atoms with Crippen LogP contribution in [0.3, 0.4) is 0 Å². The van der Waals surface area contributed by atoms with Crippen molar-refractivity contribution < 1.29 is 31.6 Å². The largest absolute Gasteiger partial charge is 0.491 e. The molecule has 1 amide bonds. The van der Waals surface area contributed by atoms with Crippen molar-refractivity contribution in [1.82, 2.24) is 15.3 Å². The normalized spacial score (nSPS) is 17.9. The summed E-state index contributed by atoms with van der Waals surface area (Å²) in [5.74, 6) is 0.797. The van der Waals surface area contributed by atoms with E-state index in [4.69, 9.17) is 18.4 Å². The van der Waals surface area contributed by atoms with Crippen LogP contribution >= 0.6 is 0 Å². The quantitative estimate of drug-likeness (QED) is 0.476. The molecule has 1 N–H and O–H groups in total. The Kier molecular flexibility index (Phi) is 7.01. The third kappa shape index (κ3) is 5.58. The zero-order valence-corrected chi connectivity index (χ0v) is 20.1. The molecule has 0 unspecified atom stereocenters. The van der Waals surface area contributed by atoms with Crippen LogP contribution in [0.15, 0.2) is 66.0 Å². The molecular weight excluding hydrogens is 486 g/mol. The fourth-order valence-corrected chi connectivity index (χ4v) is 4.95. The van der Waals surface area contributed by atoms with E-state index in [0.29, 0.717) is 42.4 Å². The van der Waals surface area contributed by atoms with Gasteiger partial charge in [0.2, 0.25) is 5.88 Å². The molecule has 188 valence electrons. The zero-order chi connectivity index (χ0) is 25.0. The molecule has 0 radical (unpaired) electrons. The van der Waals surface area contributed by atoms with E-state index >= 15 is 0 Å². The minimum atomic E-state index is -4.08. The average molecular weight is 512 g/mol. The zero-order valence-electron chi connectivity index (χ0n) is 19.3. The second kappa shape index (κ2) is 10.5. The molecule has 5 rings (SSSR count). The number of hydrogen-bond donors (Lipinski definition) is 1. The van der Waals surface area contributed by atoms with Gasteiger partial charge in [0.1, 0.15) is 29.1 Å². The summed E-state index contributed by atoms with van der Waals surface area (Å²) in [4.78, 5) is 20.9. The summed E-state index contributed by atoms with van der Waals surface area (Å²) >= 11 is 0. The third-order valence-corrected chi connectivity index (χ3v) is 7.11. The second-order valence-electron chi connectivity index (χ2n) is 8.46. The van der Waals surface area contributed by atoms with Gasteiger partial charge in [0.25, 0.3) is 5.91 Å². The Morgan fingerprint density at radius 2 is 1.92 bits per heavy atom. The molecule has 0 bridgehead atoms. The number of ether oxygens (including phenoxy) is 3. The predicted molar refractivity (Wildman–Crippen MR) is 128 cm³/mol. The Hall–Kier alpha value is -3.70. The maximum absolute atomic E-state index is 12.8. The van der Waals surface area contributed by atoms with Gasteiger partial charge in [-0.2, -0.15) is 8.42 Å². The van der Waals surface area contributed by atoms with E-state index in [0.717, 1.165) is 12.8 Å². The Labute approximate surface area is 208 Å². The van der Waals surface area contributed by atoms with Gasteiger partial charge < -0.3 is 23.7 Å². The number of carbonyl (C=O) groups excluding carboxylic acids is 1. The molecule has 3 aromatic rings. The number of nitrogens with one attached hydrogen (secondary N) is 1. The van der Waals surface area contributed by atoms with E-state index in [-0.39, 0.29) is 29.3 Å². The van der Waals surface area contributed by atoms with Gasteiger partial charge in [0, 0.05) is 49.5 Å². The van der Waals surface area contributed by atoms with Crippen molar-refractivity contribution in [3.05, 3.63) is 72.2 Å². The number of benzene rings is 1. The summed E-state index contributed by atoms with van der Waals surface area (Å²) in [5, 5.41) is 2.92. The minimum absolute atomic E-state index is 0.0547. The van der Waals surface area contributed by atoms with E-state index < -0.39 is 16.2 Å². The number of carbonyl (C=O) groups is 1. The molecule has 0 aliphatic carbocycles. The molecule has 0 spiro atoms. The van der Waals surface area contributed by atoms with Crippen molar-refractivity contribution in [2.75, 3.05) is 19.8 Å². The van der Waals surface area contributed by atoms with Crippen LogP contribution in [0.25, 0.3) is 0 Å². The van der Waals surface area contributed by atoms with Gasteiger partial charge in [-0.15, -0.1) is 0 Å². The molecule has 2 aliphatic heterocycles. The summed E-state index contributed by atoms with van der Waals surface area (Å²) in [6, 6.07) is 10.8. The lowest BCUT2D eigenvalue weighted by Crippen LogP contribution is -2.42. The van der Waals surface area contributed by atoms with Crippen LogP contribution in [-0.2, 0) is 21.3 Å². The van der Waals surface area contributed by atoms with Crippen molar-refractivity contribution >= 4 is 16.0 Å². The van der Waals surface area contributed by atoms with Crippen molar-refractivity contribution in [3.63, 3.8) is 0 Å². The maximum Gasteiger partial charge on any atom is 0.340 e. The number of rotatable bonds is 7. The van der Waals surface area contributed by atoms with Crippen molar-refractivity contribution in [2.45, 2.75) is 36.3 Å². The van der Waals surface area contributed by atoms with E-state index in [2.05, 4.69) is 15.3 Å². The van der Waals surface area contributed by atoms with E-state index in [1.165, 1.54) is 30.7 Å². The fourth-order valence-electron chi connectivity index (χ4n) is 4.03. The molecule has 2 aliphatic rings. The van der Waals surface area contributed by atoms with Crippen LogP contribution in [0, 0.1) is 0 Å². The predicted octanol–water partition coefficient (Wildman–Crippen LogP) is 2.54. The number of hydrogen-bond acceptors (Lipinski definition) is 9. The summed E-state index contributed by atoms with van der Waals surface area (Å²) in [7, 11) is -4.08. The summed E-state index contributed by atoms with van der Waals surface area (Å²) in [6.45, 7) is 1.57. The summed E-state index contributed by atoms with van der Waals surface area (Å²) in [6.07, 6.45) is 6.17. The topological polar surface area (TPSA) is 126 Å². The van der Waals surface area contributed by atoms with Gasteiger partial charge in [0.15, 0.2) is 0 Å². The van der Waals surface area contributed by atoms with Crippen LogP contribution < -0.4 is 19.0 Å². The van der Waals surface area contributed by atoms with Gasteiger partial charge in [-0.05, 0) is 30.3 Å². The molecule has 1 fully saturated rings. The highest BCUT2D eigenvalue weighted by molar-refractivity contribution is 7.87. The number of amides is 1. The average Bonchev–Trinajstić information content (AvgIpc) is 2.90. The second-order valence-corrected chi connectivity index (χ2v) is 10.0. The standard InChI is InChI=1S/C25H25N3O7S/c29-25(17-6-7-24(27-14-17)34-19-8-11-32-12-9-19)28-18-13-21-22(33-16-18)4-1-5-23(21)35-36(30,31)20-3-2-10-26-15-20/h1-7,10,14-15,18-19H,8-9,11-13,16H2,(H,28,29)/t18-/m0/s1. The Morgan fingerprint density at radius 3 is 2.67 bits per heavy atom. The van der Waals surface area contributed by atoms with Gasteiger partial charge in [-0.25, -0.2) is 4.98 Å². The molecule has 2 aromatic heterocycles. The monoisotopic (exact) mass is 511 g/mol. The van der Waals surface area contributed by atoms with Crippen molar-refractivity contribution in [2.24, 2.45) is 0 Å². The maximum atomic E-state index is 12.8. The van der Waals surface area contributed by atoms with Gasteiger partial charge in [0.05, 0.1) is 24.8 Å². The molecule has 4 heterocycles. The molecular formula is C25H25N3O7S. The molecule has 10 nitrogen and oxygen atoms in total. The number of aromatic nitrogens is 2. The van der Waals surface area contributed by atoms with Gasteiger partial charge >= 0.3 is 10.1 Å². The smallest absolute Gasteiger partial charge is 0.340 e. The van der Waals surface area contributed by atoms with E-state index in [1.807, 2.05) is 0 Å². The molecule has 11 heteroatoms. The number of pyridine rings is 2. The summed E-state index contributed by atoms with van der Waals surface area (Å²) < 4.78 is 47.8. The van der Waals surface area contributed by atoms with Crippen molar-refractivity contribution in [1.29, 1.82) is 0 Å².